The van der Waals surface area contributed by atoms with Crippen LogP contribution in [0.5, 0.6) is 6.01 Å². The van der Waals surface area contributed by atoms with Crippen molar-refractivity contribution in [1.82, 2.24) is 19.9 Å². The van der Waals surface area contributed by atoms with Crippen molar-refractivity contribution in [3.05, 3.63) is 42.2 Å². The molecule has 4 heterocycles. The molecule has 0 unspecified atom stereocenters. The molecule has 2 aliphatic heterocycles. The van der Waals surface area contributed by atoms with Gasteiger partial charge >= 0.3 is 6.01 Å². The molecule has 5 rings (SSSR count). The topological polar surface area (TPSA) is 100 Å². The Bertz CT molecular complexity index is 1070. The van der Waals surface area contributed by atoms with Crippen molar-refractivity contribution in [2.45, 2.75) is 6.54 Å². The molecule has 1 N–H and O–H groups in total. The van der Waals surface area contributed by atoms with Gasteiger partial charge in [-0.2, -0.15) is 20.2 Å². The number of hydrogen-bond donors (Lipinski definition) is 1. The lowest BCUT2D eigenvalue weighted by Crippen LogP contribution is -2.39. The second kappa shape index (κ2) is 10.7. The van der Waals surface area contributed by atoms with Gasteiger partial charge in [-0.05, 0) is 6.07 Å². The summed E-state index contributed by atoms with van der Waals surface area (Å²) in [6, 6.07) is 10.4. The highest BCUT2D eigenvalue weighted by atomic mass is 16.5. The molecule has 0 bridgehead atoms. The van der Waals surface area contributed by atoms with E-state index in [4.69, 9.17) is 14.2 Å². The second-order valence-electron chi connectivity index (χ2n) is 8.02. The number of morpholine rings is 2. The maximum atomic E-state index is 5.95. The van der Waals surface area contributed by atoms with Crippen LogP contribution >= 0.6 is 0 Å². The molecule has 10 nitrogen and oxygen atoms in total. The highest BCUT2D eigenvalue weighted by Gasteiger charge is 2.16. The first-order chi connectivity index (χ1) is 16.3. The molecule has 0 radical (unpaired) electrons. The minimum absolute atomic E-state index is 0.346. The number of azo groups is 1. The molecule has 0 amide bonds. The third-order valence-corrected chi connectivity index (χ3v) is 5.80. The van der Waals surface area contributed by atoms with Crippen LogP contribution in [0.3, 0.4) is 0 Å². The van der Waals surface area contributed by atoms with Crippen LogP contribution in [0, 0.1) is 0 Å². The Kier molecular flexibility index (Phi) is 7.05. The lowest BCUT2D eigenvalue weighted by atomic mass is 10.2. The maximum absolute atomic E-state index is 5.95. The largest absolute Gasteiger partial charge is 0.462 e. The third-order valence-electron chi connectivity index (χ3n) is 5.80. The molecule has 10 heteroatoms. The normalized spacial score (nSPS) is 17.8. The van der Waals surface area contributed by atoms with Gasteiger partial charge in [0.05, 0.1) is 32.1 Å². The van der Waals surface area contributed by atoms with Gasteiger partial charge in [-0.15, -0.1) is 0 Å². The first-order valence-electron chi connectivity index (χ1n) is 11.4. The van der Waals surface area contributed by atoms with Crippen molar-refractivity contribution in [2.75, 3.05) is 70.7 Å². The van der Waals surface area contributed by atoms with Gasteiger partial charge in [0, 0.05) is 55.9 Å². The summed E-state index contributed by atoms with van der Waals surface area (Å²) < 4.78 is 16.8. The zero-order valence-corrected chi connectivity index (χ0v) is 18.7. The lowest BCUT2D eigenvalue weighted by Gasteiger charge is -2.28. The van der Waals surface area contributed by atoms with E-state index >= 15 is 0 Å². The summed E-state index contributed by atoms with van der Waals surface area (Å²) in [6.07, 6.45) is 1.87. The number of hydrogen-bond acceptors (Lipinski definition) is 9. The number of H-pyrrole nitrogens is 1. The number of nitrogens with zero attached hydrogens (tertiary/aromatic N) is 6. The van der Waals surface area contributed by atoms with Gasteiger partial charge in [0.25, 0.3) is 0 Å². The highest BCUT2D eigenvalue weighted by Crippen LogP contribution is 2.26. The van der Waals surface area contributed by atoms with Crippen LogP contribution in [-0.2, 0) is 16.0 Å². The molecule has 174 valence electrons. The molecule has 3 aromatic rings. The summed E-state index contributed by atoms with van der Waals surface area (Å²) in [5, 5.41) is 9.88. The van der Waals surface area contributed by atoms with E-state index in [1.165, 1.54) is 0 Å². The fraction of sp³-hybridized carbons (Fsp3) is 0.478. The van der Waals surface area contributed by atoms with Crippen LogP contribution in [-0.4, -0.2) is 85.6 Å². The van der Waals surface area contributed by atoms with Crippen LogP contribution in [0.4, 0.5) is 11.5 Å². The Morgan fingerprint density at radius 1 is 1.00 bits per heavy atom. The highest BCUT2D eigenvalue weighted by molar-refractivity contribution is 5.90. The smallest absolute Gasteiger partial charge is 0.318 e. The van der Waals surface area contributed by atoms with Gasteiger partial charge in [-0.25, -0.2) is 0 Å². The number of anilines is 1. The van der Waals surface area contributed by atoms with Crippen molar-refractivity contribution in [3.8, 4) is 6.01 Å². The molecular weight excluding hydrogens is 422 g/mol. The van der Waals surface area contributed by atoms with E-state index in [1.807, 2.05) is 36.5 Å². The number of fused-ring (bicyclic) bond motifs is 1. The predicted molar refractivity (Wildman–Crippen MR) is 124 cm³/mol. The molecule has 0 atom stereocenters. The van der Waals surface area contributed by atoms with Gasteiger partial charge in [0.1, 0.15) is 24.7 Å². The monoisotopic (exact) mass is 451 g/mol. The van der Waals surface area contributed by atoms with Crippen molar-refractivity contribution >= 4 is 22.4 Å². The second-order valence-corrected chi connectivity index (χ2v) is 8.02. The molecule has 2 saturated heterocycles. The summed E-state index contributed by atoms with van der Waals surface area (Å²) in [7, 11) is 0. The van der Waals surface area contributed by atoms with Crippen LogP contribution in [0.1, 0.15) is 5.69 Å². The Balaban J connectivity index is 1.28. The molecule has 2 aliphatic rings. The minimum Gasteiger partial charge on any atom is -0.462 e. The Hall–Kier alpha value is -3.08. The number of rotatable bonds is 8. The van der Waals surface area contributed by atoms with E-state index < -0.39 is 0 Å². The zero-order chi connectivity index (χ0) is 22.3. The molecular formula is C23H29N7O3. The Morgan fingerprint density at radius 3 is 2.64 bits per heavy atom. The summed E-state index contributed by atoms with van der Waals surface area (Å²) in [6.45, 7) is 8.06. The molecule has 33 heavy (non-hydrogen) atoms. The average Bonchev–Trinajstić information content (AvgIpc) is 3.28. The number of aromatic amines is 1. The predicted octanol–water partition coefficient (Wildman–Crippen LogP) is 2.79. The van der Waals surface area contributed by atoms with E-state index in [-0.39, 0.29) is 0 Å². The number of para-hydroxylation sites is 1. The quantitative estimate of drug-likeness (QED) is 0.526. The molecule has 1 aromatic carbocycles. The Morgan fingerprint density at radius 2 is 1.79 bits per heavy atom. The first kappa shape index (κ1) is 21.7. The fourth-order valence-corrected chi connectivity index (χ4v) is 3.97. The number of aromatic nitrogens is 3. The van der Waals surface area contributed by atoms with Crippen LogP contribution in [0.2, 0.25) is 0 Å². The van der Waals surface area contributed by atoms with Crippen molar-refractivity contribution < 1.29 is 14.2 Å². The zero-order valence-electron chi connectivity index (χ0n) is 18.7. The lowest BCUT2D eigenvalue weighted by molar-refractivity contribution is 0.0317. The number of benzene rings is 1. The molecule has 2 fully saturated rings. The van der Waals surface area contributed by atoms with Gasteiger partial charge in [-0.3, -0.25) is 4.90 Å². The Labute approximate surface area is 192 Å². The van der Waals surface area contributed by atoms with E-state index in [0.29, 0.717) is 32.4 Å². The summed E-state index contributed by atoms with van der Waals surface area (Å²) in [5.41, 5.74) is 2.63. The molecule has 2 aromatic heterocycles. The standard InChI is InChI=1S/C23H29N7O3/c1-2-4-20-19(3-1)21(17-24-20)28-25-16-18-15-22(30-8-12-32-13-9-30)27-23(26-18)33-14-7-29-5-10-31-11-6-29/h1-4,15,17,24H,5-14,16H2. The van der Waals surface area contributed by atoms with Crippen LogP contribution in [0.15, 0.2) is 46.8 Å². The van der Waals surface area contributed by atoms with Crippen molar-refractivity contribution in [2.24, 2.45) is 10.2 Å². The van der Waals surface area contributed by atoms with Gasteiger partial charge in [0.2, 0.25) is 0 Å². The summed E-state index contributed by atoms with van der Waals surface area (Å²) in [5.74, 6) is 0.840. The SMILES string of the molecule is c1ccc2c(N=NCc3cc(N4CCOCC4)nc(OCCN4CCOCC4)n3)c[nH]c2c1. The maximum Gasteiger partial charge on any atom is 0.318 e. The number of nitrogens with one attached hydrogen (secondary N) is 1. The van der Waals surface area contributed by atoms with Crippen LogP contribution in [0.25, 0.3) is 10.9 Å². The van der Waals surface area contributed by atoms with Gasteiger partial charge in [0.15, 0.2) is 0 Å². The van der Waals surface area contributed by atoms with Gasteiger partial charge in [-0.1, -0.05) is 18.2 Å². The molecule has 0 aliphatic carbocycles. The summed E-state index contributed by atoms with van der Waals surface area (Å²) in [4.78, 5) is 17.0. The molecule has 0 saturated carbocycles. The van der Waals surface area contributed by atoms with E-state index in [2.05, 4.69) is 35.0 Å². The van der Waals surface area contributed by atoms with E-state index in [1.54, 1.807) is 0 Å². The minimum atomic E-state index is 0.346. The van der Waals surface area contributed by atoms with Crippen LogP contribution < -0.4 is 9.64 Å². The first-order valence-corrected chi connectivity index (χ1v) is 11.4. The van der Waals surface area contributed by atoms with Crippen molar-refractivity contribution in [3.63, 3.8) is 0 Å². The van der Waals surface area contributed by atoms with Crippen molar-refractivity contribution in [1.29, 1.82) is 0 Å². The van der Waals surface area contributed by atoms with E-state index in [9.17, 15) is 0 Å². The fourth-order valence-electron chi connectivity index (χ4n) is 3.97. The molecule has 0 spiro atoms. The third kappa shape index (κ3) is 5.65. The van der Waals surface area contributed by atoms with Gasteiger partial charge < -0.3 is 24.1 Å². The van der Waals surface area contributed by atoms with E-state index in [0.717, 1.165) is 74.0 Å². The summed E-state index contributed by atoms with van der Waals surface area (Å²) >= 11 is 0. The average molecular weight is 452 g/mol. The number of ether oxygens (including phenoxy) is 3.